The van der Waals surface area contributed by atoms with Crippen molar-refractivity contribution in [1.29, 1.82) is 0 Å². The summed E-state index contributed by atoms with van der Waals surface area (Å²) < 4.78 is 15.5. The highest BCUT2D eigenvalue weighted by molar-refractivity contribution is 7.10. The maximum Gasteiger partial charge on any atom is 0.150 e. The van der Waals surface area contributed by atoms with E-state index in [9.17, 15) is 4.39 Å². The summed E-state index contributed by atoms with van der Waals surface area (Å²) in [4.78, 5) is 5.03. The van der Waals surface area contributed by atoms with E-state index in [0.717, 1.165) is 5.69 Å². The first-order chi connectivity index (χ1) is 9.74. The molecule has 4 nitrogen and oxygen atoms in total. The van der Waals surface area contributed by atoms with Crippen molar-refractivity contribution in [3.63, 3.8) is 0 Å². The van der Waals surface area contributed by atoms with Gasteiger partial charge in [-0.15, -0.1) is 11.3 Å². The van der Waals surface area contributed by atoms with Crippen LogP contribution in [0.4, 0.5) is 10.1 Å². The lowest BCUT2D eigenvalue weighted by Crippen LogP contribution is -2.06. The first-order valence-corrected chi connectivity index (χ1v) is 7.06. The van der Waals surface area contributed by atoms with Gasteiger partial charge in [0.1, 0.15) is 18.3 Å². The van der Waals surface area contributed by atoms with E-state index in [1.807, 2.05) is 17.5 Å². The smallest absolute Gasteiger partial charge is 0.150 e. The second kappa shape index (κ2) is 5.42. The number of benzene rings is 1. The Balaban J connectivity index is 1.81. The van der Waals surface area contributed by atoms with E-state index in [2.05, 4.69) is 28.4 Å². The van der Waals surface area contributed by atoms with E-state index in [-0.39, 0.29) is 11.9 Å². The van der Waals surface area contributed by atoms with Gasteiger partial charge in [-0.05, 0) is 36.6 Å². The Morgan fingerprint density at radius 3 is 2.90 bits per heavy atom. The van der Waals surface area contributed by atoms with Crippen molar-refractivity contribution in [3.05, 3.63) is 59.1 Å². The number of thiophene rings is 1. The summed E-state index contributed by atoms with van der Waals surface area (Å²) in [5, 5.41) is 9.24. The summed E-state index contributed by atoms with van der Waals surface area (Å²) >= 11 is 1.68. The molecule has 0 fully saturated rings. The fraction of sp³-hybridized carbons (Fsp3) is 0.143. The van der Waals surface area contributed by atoms with E-state index in [1.54, 1.807) is 17.4 Å². The van der Waals surface area contributed by atoms with Crippen LogP contribution in [0.3, 0.4) is 0 Å². The molecule has 0 aliphatic rings. The Morgan fingerprint density at radius 1 is 1.35 bits per heavy atom. The lowest BCUT2D eigenvalue weighted by Gasteiger charge is -2.14. The number of nitrogens with zero attached hydrogens (tertiary/aromatic N) is 3. The van der Waals surface area contributed by atoms with Gasteiger partial charge in [-0.25, -0.2) is 14.1 Å². The van der Waals surface area contributed by atoms with Crippen LogP contribution in [0, 0.1) is 5.82 Å². The van der Waals surface area contributed by atoms with Gasteiger partial charge in [0.2, 0.25) is 0 Å². The van der Waals surface area contributed by atoms with E-state index < -0.39 is 0 Å². The molecule has 0 saturated carbocycles. The molecule has 20 heavy (non-hydrogen) atoms. The van der Waals surface area contributed by atoms with Gasteiger partial charge in [0.05, 0.1) is 6.04 Å². The van der Waals surface area contributed by atoms with Crippen LogP contribution in [0.15, 0.2) is 48.4 Å². The largest absolute Gasteiger partial charge is 0.378 e. The number of hydrogen-bond acceptors (Lipinski definition) is 4. The molecule has 0 aliphatic heterocycles. The van der Waals surface area contributed by atoms with Crippen LogP contribution in [0.25, 0.3) is 5.69 Å². The van der Waals surface area contributed by atoms with E-state index in [0.29, 0.717) is 5.69 Å². The molecule has 0 bridgehead atoms. The fourth-order valence-electron chi connectivity index (χ4n) is 1.97. The van der Waals surface area contributed by atoms with Crippen molar-refractivity contribution in [2.75, 3.05) is 5.32 Å². The summed E-state index contributed by atoms with van der Waals surface area (Å²) in [5.74, 6) is -0.334. The van der Waals surface area contributed by atoms with Crippen LogP contribution in [-0.2, 0) is 0 Å². The Labute approximate surface area is 119 Å². The molecule has 1 unspecified atom stereocenters. The topological polar surface area (TPSA) is 42.7 Å². The lowest BCUT2D eigenvalue weighted by molar-refractivity contribution is 0.611. The molecule has 102 valence electrons. The van der Waals surface area contributed by atoms with Gasteiger partial charge in [0.15, 0.2) is 5.82 Å². The average Bonchev–Trinajstić information content (AvgIpc) is 3.12. The second-order valence-corrected chi connectivity index (χ2v) is 5.37. The fourth-order valence-corrected chi connectivity index (χ4v) is 2.71. The molecule has 0 saturated heterocycles. The third-order valence-corrected chi connectivity index (χ3v) is 4.02. The Morgan fingerprint density at radius 2 is 2.25 bits per heavy atom. The Hall–Kier alpha value is -2.21. The zero-order valence-electron chi connectivity index (χ0n) is 10.8. The highest BCUT2D eigenvalue weighted by Crippen LogP contribution is 2.24. The third kappa shape index (κ3) is 2.55. The molecule has 0 amide bonds. The number of aromatic nitrogens is 3. The zero-order chi connectivity index (χ0) is 13.9. The molecular weight excluding hydrogens is 275 g/mol. The standard InChI is InChI=1S/C14H13FN4S/c1-10(14-3-2-6-20-14)18-11-4-5-13(12(15)7-11)19-9-16-8-17-19/h2-10,18H,1H3. The normalized spacial score (nSPS) is 12.3. The van der Waals surface area contributed by atoms with E-state index in [4.69, 9.17) is 0 Å². The van der Waals surface area contributed by atoms with Crippen molar-refractivity contribution in [2.24, 2.45) is 0 Å². The number of rotatable bonds is 4. The summed E-state index contributed by atoms with van der Waals surface area (Å²) in [6.45, 7) is 2.05. The van der Waals surface area contributed by atoms with E-state index >= 15 is 0 Å². The lowest BCUT2D eigenvalue weighted by atomic mass is 10.2. The van der Waals surface area contributed by atoms with Crippen LogP contribution in [0.5, 0.6) is 0 Å². The highest BCUT2D eigenvalue weighted by Gasteiger charge is 2.09. The SMILES string of the molecule is CC(Nc1ccc(-n2cncn2)c(F)c1)c1cccs1. The molecule has 1 aromatic carbocycles. The minimum atomic E-state index is -0.334. The van der Waals surface area contributed by atoms with Crippen molar-refractivity contribution < 1.29 is 4.39 Å². The first kappa shape index (κ1) is 12.8. The van der Waals surface area contributed by atoms with Crippen LogP contribution in [0.2, 0.25) is 0 Å². The van der Waals surface area contributed by atoms with Crippen molar-refractivity contribution >= 4 is 17.0 Å². The monoisotopic (exact) mass is 288 g/mol. The van der Waals surface area contributed by atoms with Crippen LogP contribution in [-0.4, -0.2) is 14.8 Å². The molecule has 6 heteroatoms. The number of nitrogens with one attached hydrogen (secondary N) is 1. The van der Waals surface area contributed by atoms with Crippen molar-refractivity contribution in [2.45, 2.75) is 13.0 Å². The zero-order valence-corrected chi connectivity index (χ0v) is 11.6. The summed E-state index contributed by atoms with van der Waals surface area (Å²) in [5.41, 5.74) is 1.13. The molecule has 1 N–H and O–H groups in total. The molecule has 2 heterocycles. The van der Waals surface area contributed by atoms with Gasteiger partial charge in [-0.3, -0.25) is 0 Å². The summed E-state index contributed by atoms with van der Waals surface area (Å²) in [6, 6.07) is 9.21. The maximum absolute atomic E-state index is 14.1. The van der Waals surface area contributed by atoms with Gasteiger partial charge in [-0.2, -0.15) is 5.10 Å². The minimum Gasteiger partial charge on any atom is -0.378 e. The highest BCUT2D eigenvalue weighted by atomic mass is 32.1. The minimum absolute atomic E-state index is 0.145. The molecular formula is C14H13FN4S. The second-order valence-electron chi connectivity index (χ2n) is 4.39. The van der Waals surface area contributed by atoms with Crippen molar-refractivity contribution in [3.8, 4) is 5.69 Å². The molecule has 0 radical (unpaired) electrons. The van der Waals surface area contributed by atoms with Gasteiger partial charge in [0.25, 0.3) is 0 Å². The molecule has 3 rings (SSSR count). The predicted molar refractivity (Wildman–Crippen MR) is 77.7 cm³/mol. The third-order valence-electron chi connectivity index (χ3n) is 2.97. The molecule has 2 aromatic heterocycles. The van der Waals surface area contributed by atoms with Gasteiger partial charge in [0, 0.05) is 10.6 Å². The van der Waals surface area contributed by atoms with Gasteiger partial charge < -0.3 is 5.32 Å². The number of anilines is 1. The molecule has 3 aromatic rings. The Kier molecular flexibility index (Phi) is 3.47. The average molecular weight is 288 g/mol. The summed E-state index contributed by atoms with van der Waals surface area (Å²) in [7, 11) is 0. The van der Waals surface area contributed by atoms with Crippen LogP contribution in [0.1, 0.15) is 17.8 Å². The molecule has 0 aliphatic carbocycles. The molecule has 1 atom stereocenters. The predicted octanol–water partition coefficient (Wildman–Crippen LogP) is 3.64. The maximum atomic E-state index is 14.1. The quantitative estimate of drug-likeness (QED) is 0.797. The Bertz CT molecular complexity index is 679. The molecule has 0 spiro atoms. The van der Waals surface area contributed by atoms with Crippen LogP contribution >= 0.6 is 11.3 Å². The van der Waals surface area contributed by atoms with Gasteiger partial charge >= 0.3 is 0 Å². The number of hydrogen-bond donors (Lipinski definition) is 1. The first-order valence-electron chi connectivity index (χ1n) is 6.18. The van der Waals surface area contributed by atoms with Crippen molar-refractivity contribution in [1.82, 2.24) is 14.8 Å². The van der Waals surface area contributed by atoms with Crippen LogP contribution < -0.4 is 5.32 Å². The summed E-state index contributed by atoms with van der Waals surface area (Å²) in [6.07, 6.45) is 2.85. The van der Waals surface area contributed by atoms with Gasteiger partial charge in [-0.1, -0.05) is 6.07 Å². The van der Waals surface area contributed by atoms with E-state index in [1.165, 1.54) is 28.3 Å². The number of halogens is 1.